The van der Waals surface area contributed by atoms with Crippen molar-refractivity contribution < 1.29 is 4.79 Å². The van der Waals surface area contributed by atoms with E-state index < -0.39 is 0 Å². The standard InChI is InChI=1S/C19H19I2N3OS/c1-3-11-4-6-13(7-5-11)23-19-24-18(25)16(26-19)10-12-8-14(20)17(22-2)15(21)9-12/h4-10,19,22-23H,3H2,1-2H3,(H,24,25)/b16-10-/t19-/m0/s1. The minimum atomic E-state index is -0.157. The molecule has 0 spiro atoms. The second-order valence-corrected chi connectivity index (χ2v) is 9.26. The van der Waals surface area contributed by atoms with Crippen molar-refractivity contribution in [3.8, 4) is 0 Å². The van der Waals surface area contributed by atoms with Gasteiger partial charge in [-0.3, -0.25) is 4.79 Å². The number of rotatable bonds is 5. The van der Waals surface area contributed by atoms with Crippen molar-refractivity contribution in [3.63, 3.8) is 0 Å². The Morgan fingerprint density at radius 1 is 1.19 bits per heavy atom. The second kappa shape index (κ2) is 8.83. The van der Waals surface area contributed by atoms with Crippen LogP contribution >= 0.6 is 56.9 Å². The zero-order valence-corrected chi connectivity index (χ0v) is 19.5. The Bertz CT molecular complexity index is 829. The van der Waals surface area contributed by atoms with Gasteiger partial charge in [-0.25, -0.2) is 0 Å². The Balaban J connectivity index is 1.73. The minimum Gasteiger partial charge on any atom is -0.386 e. The van der Waals surface area contributed by atoms with Crippen molar-refractivity contribution in [1.29, 1.82) is 0 Å². The van der Waals surface area contributed by atoms with E-state index in [-0.39, 0.29) is 11.4 Å². The maximum absolute atomic E-state index is 12.3. The fraction of sp³-hybridized carbons (Fsp3) is 0.211. The molecule has 1 amide bonds. The van der Waals surface area contributed by atoms with Gasteiger partial charge in [-0.05, 0) is 93.1 Å². The van der Waals surface area contributed by atoms with Gasteiger partial charge >= 0.3 is 0 Å². The molecule has 7 heteroatoms. The normalized spacial score (nSPS) is 18.1. The van der Waals surface area contributed by atoms with Crippen LogP contribution in [0.15, 0.2) is 41.3 Å². The number of carbonyl (C=O) groups is 1. The number of thioether (sulfide) groups is 1. The number of hydrogen-bond acceptors (Lipinski definition) is 4. The first-order valence-corrected chi connectivity index (χ1v) is 11.3. The van der Waals surface area contributed by atoms with Gasteiger partial charge in [0.15, 0.2) is 5.50 Å². The molecule has 1 fully saturated rings. The van der Waals surface area contributed by atoms with Crippen LogP contribution in [0.25, 0.3) is 6.08 Å². The summed E-state index contributed by atoms with van der Waals surface area (Å²) < 4.78 is 2.27. The van der Waals surface area contributed by atoms with E-state index in [4.69, 9.17) is 0 Å². The van der Waals surface area contributed by atoms with Gasteiger partial charge in [0.1, 0.15) is 0 Å². The van der Waals surface area contributed by atoms with E-state index in [1.54, 1.807) is 0 Å². The average Bonchev–Trinajstić information content (AvgIpc) is 2.94. The maximum Gasteiger partial charge on any atom is 0.260 e. The van der Waals surface area contributed by atoms with E-state index in [2.05, 4.69) is 104 Å². The molecule has 0 bridgehead atoms. The third kappa shape index (κ3) is 4.66. The van der Waals surface area contributed by atoms with Crippen LogP contribution in [0.5, 0.6) is 0 Å². The van der Waals surface area contributed by atoms with Crippen LogP contribution in [0.4, 0.5) is 11.4 Å². The molecule has 0 aliphatic carbocycles. The SMILES string of the molecule is CCc1ccc(N[C@H]2NC(=O)/C(=C/c3cc(I)c(NC)c(I)c3)S2)cc1. The number of nitrogens with one attached hydrogen (secondary N) is 3. The number of hydrogen-bond donors (Lipinski definition) is 3. The first-order valence-electron chi connectivity index (χ1n) is 8.21. The predicted octanol–water partition coefficient (Wildman–Crippen LogP) is 5.10. The zero-order valence-electron chi connectivity index (χ0n) is 14.4. The summed E-state index contributed by atoms with van der Waals surface area (Å²) in [7, 11) is 1.92. The highest BCUT2D eigenvalue weighted by Crippen LogP contribution is 2.32. The lowest BCUT2D eigenvalue weighted by atomic mass is 10.1. The summed E-state index contributed by atoms with van der Waals surface area (Å²) in [5.74, 6) is -0.0413. The molecule has 3 rings (SSSR count). The molecule has 1 heterocycles. The summed E-state index contributed by atoms with van der Waals surface area (Å²) in [6.07, 6.45) is 2.97. The van der Waals surface area contributed by atoms with Crippen LogP contribution in [0.3, 0.4) is 0 Å². The Morgan fingerprint density at radius 3 is 2.42 bits per heavy atom. The van der Waals surface area contributed by atoms with Crippen molar-refractivity contribution in [1.82, 2.24) is 5.32 Å². The maximum atomic E-state index is 12.3. The fourth-order valence-corrected chi connectivity index (χ4v) is 5.96. The monoisotopic (exact) mass is 591 g/mol. The summed E-state index contributed by atoms with van der Waals surface area (Å²) in [6.45, 7) is 2.14. The number of anilines is 2. The highest BCUT2D eigenvalue weighted by Gasteiger charge is 2.27. The molecule has 2 aromatic carbocycles. The number of halogens is 2. The van der Waals surface area contributed by atoms with Gasteiger partial charge in [-0.1, -0.05) is 30.8 Å². The van der Waals surface area contributed by atoms with Gasteiger partial charge in [0.05, 0.1) is 10.6 Å². The van der Waals surface area contributed by atoms with Crippen molar-refractivity contribution in [3.05, 3.63) is 59.6 Å². The van der Waals surface area contributed by atoms with E-state index in [1.807, 2.05) is 13.1 Å². The van der Waals surface area contributed by atoms with Gasteiger partial charge in [-0.15, -0.1) is 0 Å². The molecule has 1 aliphatic heterocycles. The lowest BCUT2D eigenvalue weighted by molar-refractivity contribution is -0.116. The van der Waals surface area contributed by atoms with E-state index >= 15 is 0 Å². The van der Waals surface area contributed by atoms with Crippen LogP contribution in [0.1, 0.15) is 18.1 Å². The lowest BCUT2D eigenvalue weighted by Crippen LogP contribution is -2.30. The zero-order chi connectivity index (χ0) is 18.7. The number of aryl methyl sites for hydroxylation is 1. The second-order valence-electron chi connectivity index (χ2n) is 5.78. The summed E-state index contributed by atoms with van der Waals surface area (Å²) >= 11 is 6.13. The third-order valence-electron chi connectivity index (χ3n) is 4.00. The van der Waals surface area contributed by atoms with Crippen molar-refractivity contribution >= 4 is 80.3 Å². The summed E-state index contributed by atoms with van der Waals surface area (Å²) in [6, 6.07) is 12.5. The molecule has 4 nitrogen and oxygen atoms in total. The van der Waals surface area contributed by atoms with Gasteiger partial charge in [0, 0.05) is 19.9 Å². The molecule has 1 atom stereocenters. The summed E-state index contributed by atoms with van der Waals surface area (Å²) in [4.78, 5) is 13.0. The molecule has 2 aromatic rings. The lowest BCUT2D eigenvalue weighted by Gasteiger charge is -2.13. The molecule has 1 aliphatic rings. The smallest absolute Gasteiger partial charge is 0.260 e. The third-order valence-corrected chi connectivity index (χ3v) is 6.73. The summed E-state index contributed by atoms with van der Waals surface area (Å²) in [5, 5.41) is 9.54. The van der Waals surface area contributed by atoms with Crippen molar-refractivity contribution in [2.24, 2.45) is 0 Å². The van der Waals surface area contributed by atoms with Gasteiger partial charge in [-0.2, -0.15) is 0 Å². The first-order chi connectivity index (χ1) is 12.5. The summed E-state index contributed by atoms with van der Waals surface area (Å²) in [5.41, 5.74) is 4.29. The average molecular weight is 591 g/mol. The molecule has 26 heavy (non-hydrogen) atoms. The van der Waals surface area contributed by atoms with E-state index in [9.17, 15) is 4.79 Å². The number of benzene rings is 2. The molecular formula is C19H19I2N3OS. The van der Waals surface area contributed by atoms with Gasteiger partial charge in [0.25, 0.3) is 5.91 Å². The highest BCUT2D eigenvalue weighted by molar-refractivity contribution is 14.1. The topological polar surface area (TPSA) is 53.2 Å². The van der Waals surface area contributed by atoms with E-state index in [0.717, 1.165) is 35.4 Å². The fourth-order valence-electron chi connectivity index (χ4n) is 2.62. The number of carbonyl (C=O) groups excluding carboxylic acids is 1. The van der Waals surface area contributed by atoms with Crippen LogP contribution in [-0.4, -0.2) is 18.5 Å². The molecule has 0 aromatic heterocycles. The molecule has 0 unspecified atom stereocenters. The van der Waals surface area contributed by atoms with Crippen LogP contribution < -0.4 is 16.0 Å². The molecule has 136 valence electrons. The van der Waals surface area contributed by atoms with Gasteiger partial charge in [0.2, 0.25) is 0 Å². The van der Waals surface area contributed by atoms with Crippen LogP contribution in [0.2, 0.25) is 0 Å². The highest BCUT2D eigenvalue weighted by atomic mass is 127. The van der Waals surface area contributed by atoms with Gasteiger partial charge < -0.3 is 16.0 Å². The Kier molecular flexibility index (Phi) is 6.73. The Morgan fingerprint density at radius 2 is 1.85 bits per heavy atom. The molecule has 0 radical (unpaired) electrons. The first kappa shape index (κ1) is 19.8. The quantitative estimate of drug-likeness (QED) is 0.335. The Labute approximate surface area is 185 Å². The Hall–Kier alpha value is -0.940. The number of amides is 1. The predicted molar refractivity (Wildman–Crippen MR) is 128 cm³/mol. The van der Waals surface area contributed by atoms with E-state index in [1.165, 1.54) is 17.3 Å². The molecule has 0 saturated carbocycles. The van der Waals surface area contributed by atoms with Crippen molar-refractivity contribution in [2.75, 3.05) is 17.7 Å². The molecule has 3 N–H and O–H groups in total. The minimum absolute atomic E-state index is 0.0413. The van der Waals surface area contributed by atoms with Crippen LogP contribution in [-0.2, 0) is 11.2 Å². The molecule has 1 saturated heterocycles. The van der Waals surface area contributed by atoms with Crippen molar-refractivity contribution in [2.45, 2.75) is 18.8 Å². The molecular weight excluding hydrogens is 572 g/mol. The largest absolute Gasteiger partial charge is 0.386 e. The van der Waals surface area contributed by atoms with Crippen LogP contribution in [0, 0.1) is 7.14 Å². The van der Waals surface area contributed by atoms with E-state index in [0.29, 0.717) is 0 Å².